The van der Waals surface area contributed by atoms with Crippen LogP contribution in [0.25, 0.3) is 22.3 Å². The molecule has 3 rings (SSSR count). The van der Waals surface area contributed by atoms with Crippen LogP contribution in [0.5, 0.6) is 0 Å². The number of aromatic nitrogens is 1. The highest BCUT2D eigenvalue weighted by atomic mass is 19.1. The monoisotopic (exact) mass is 487 g/mol. The second-order valence-corrected chi connectivity index (χ2v) is 10.3. The second kappa shape index (κ2) is 16.3. The average molecular weight is 488 g/mol. The summed E-state index contributed by atoms with van der Waals surface area (Å²) in [5.74, 6) is -0.359. The maximum atomic E-state index is 14.8. The van der Waals surface area contributed by atoms with Crippen molar-refractivity contribution < 1.29 is 4.39 Å². The Morgan fingerprint density at radius 2 is 0.972 bits per heavy atom. The SMILES string of the molecule is CCCCCCCCCc1ccc(-c2ccc(-c3ccc(CCCCCCCC)cc3)cc2)c(F)n1. The van der Waals surface area contributed by atoms with Crippen LogP contribution in [-0.2, 0) is 12.8 Å². The summed E-state index contributed by atoms with van der Waals surface area (Å²) in [6.07, 6.45) is 18.8. The molecule has 1 aromatic heterocycles. The molecule has 1 nitrogen and oxygen atoms in total. The molecule has 0 fully saturated rings. The van der Waals surface area contributed by atoms with Gasteiger partial charge in [-0.05, 0) is 60.1 Å². The van der Waals surface area contributed by atoms with E-state index in [9.17, 15) is 4.39 Å². The predicted octanol–water partition coefficient (Wildman–Crippen LogP) is 10.8. The summed E-state index contributed by atoms with van der Waals surface area (Å²) in [7, 11) is 0. The second-order valence-electron chi connectivity index (χ2n) is 10.3. The molecule has 0 bridgehead atoms. The number of benzene rings is 2. The molecule has 0 saturated carbocycles. The van der Waals surface area contributed by atoms with Crippen molar-refractivity contribution in [2.75, 3.05) is 0 Å². The van der Waals surface area contributed by atoms with E-state index in [2.05, 4.69) is 55.2 Å². The Kier molecular flexibility index (Phi) is 12.7. The number of unbranched alkanes of at least 4 members (excludes halogenated alkanes) is 11. The first kappa shape index (κ1) is 28.1. The van der Waals surface area contributed by atoms with Crippen LogP contribution in [0.2, 0.25) is 0 Å². The third-order valence-corrected chi connectivity index (χ3v) is 7.25. The van der Waals surface area contributed by atoms with Crippen LogP contribution in [-0.4, -0.2) is 4.98 Å². The normalized spacial score (nSPS) is 11.2. The van der Waals surface area contributed by atoms with Crippen molar-refractivity contribution in [3.8, 4) is 22.3 Å². The minimum absolute atomic E-state index is 0.359. The summed E-state index contributed by atoms with van der Waals surface area (Å²) >= 11 is 0. The van der Waals surface area contributed by atoms with E-state index in [0.29, 0.717) is 5.56 Å². The molecule has 0 amide bonds. The first-order valence-electron chi connectivity index (χ1n) is 14.6. The van der Waals surface area contributed by atoms with Crippen LogP contribution in [0.3, 0.4) is 0 Å². The van der Waals surface area contributed by atoms with Crippen LogP contribution in [0, 0.1) is 5.95 Å². The summed E-state index contributed by atoms with van der Waals surface area (Å²) in [5.41, 5.74) is 6.11. The van der Waals surface area contributed by atoms with Gasteiger partial charge < -0.3 is 0 Å². The molecule has 2 heteroatoms. The number of aryl methyl sites for hydroxylation is 2. The van der Waals surface area contributed by atoms with Gasteiger partial charge in [-0.3, -0.25) is 0 Å². The van der Waals surface area contributed by atoms with Crippen molar-refractivity contribution in [2.45, 2.75) is 110 Å². The molecule has 36 heavy (non-hydrogen) atoms. The molecule has 194 valence electrons. The molecule has 0 atom stereocenters. The largest absolute Gasteiger partial charge is 0.224 e. The maximum Gasteiger partial charge on any atom is 0.220 e. The number of hydrogen-bond donors (Lipinski definition) is 0. The van der Waals surface area contributed by atoms with Gasteiger partial charge in [-0.1, -0.05) is 133 Å². The standard InChI is InChI=1S/C34H46FN/c1-3-5-7-9-11-13-15-17-32-26-27-33(34(35)36-32)31-24-22-30(23-25-31)29-20-18-28(19-21-29)16-14-12-10-8-6-4-2/h18-27H,3-17H2,1-2H3. The minimum Gasteiger partial charge on any atom is -0.224 e. The van der Waals surface area contributed by atoms with Gasteiger partial charge in [0.05, 0.1) is 0 Å². The number of hydrogen-bond acceptors (Lipinski definition) is 1. The van der Waals surface area contributed by atoms with E-state index < -0.39 is 0 Å². The molecule has 0 aliphatic heterocycles. The van der Waals surface area contributed by atoms with Crippen LogP contribution in [0.15, 0.2) is 60.7 Å². The highest BCUT2D eigenvalue weighted by molar-refractivity contribution is 5.70. The predicted molar refractivity (Wildman–Crippen MR) is 154 cm³/mol. The molecule has 2 aromatic carbocycles. The fourth-order valence-corrected chi connectivity index (χ4v) is 4.91. The molecular weight excluding hydrogens is 441 g/mol. The Balaban J connectivity index is 1.48. The first-order chi connectivity index (χ1) is 17.7. The highest BCUT2D eigenvalue weighted by Gasteiger charge is 2.09. The molecule has 0 spiro atoms. The number of pyridine rings is 1. The van der Waals surface area contributed by atoms with Gasteiger partial charge in [0.1, 0.15) is 0 Å². The molecule has 0 unspecified atom stereocenters. The van der Waals surface area contributed by atoms with Crippen molar-refractivity contribution >= 4 is 0 Å². The molecule has 0 N–H and O–H groups in total. The Hall–Kier alpha value is -2.48. The summed E-state index contributed by atoms with van der Waals surface area (Å²) < 4.78 is 14.8. The number of rotatable bonds is 17. The van der Waals surface area contributed by atoms with Crippen LogP contribution < -0.4 is 0 Å². The lowest BCUT2D eigenvalue weighted by Crippen LogP contribution is -1.96. The topological polar surface area (TPSA) is 12.9 Å². The van der Waals surface area contributed by atoms with Crippen molar-refractivity contribution in [1.29, 1.82) is 0 Å². The minimum atomic E-state index is -0.359. The van der Waals surface area contributed by atoms with Gasteiger partial charge in [-0.15, -0.1) is 0 Å². The van der Waals surface area contributed by atoms with Crippen molar-refractivity contribution in [3.05, 3.63) is 77.9 Å². The molecule has 0 saturated heterocycles. The number of halogens is 1. The highest BCUT2D eigenvalue weighted by Crippen LogP contribution is 2.27. The van der Waals surface area contributed by atoms with Crippen molar-refractivity contribution in [1.82, 2.24) is 4.98 Å². The average Bonchev–Trinajstić information content (AvgIpc) is 2.91. The fourth-order valence-electron chi connectivity index (χ4n) is 4.91. The third kappa shape index (κ3) is 9.52. The van der Waals surface area contributed by atoms with Gasteiger partial charge in [0.25, 0.3) is 0 Å². The van der Waals surface area contributed by atoms with Gasteiger partial charge in [-0.2, -0.15) is 4.39 Å². The van der Waals surface area contributed by atoms with E-state index in [1.165, 1.54) is 88.2 Å². The van der Waals surface area contributed by atoms with E-state index in [1.807, 2.05) is 24.3 Å². The Bertz CT molecular complexity index is 991. The van der Waals surface area contributed by atoms with E-state index >= 15 is 0 Å². The number of nitrogens with zero attached hydrogens (tertiary/aromatic N) is 1. The summed E-state index contributed by atoms with van der Waals surface area (Å²) in [4.78, 5) is 4.27. The lowest BCUT2D eigenvalue weighted by Gasteiger charge is -2.08. The van der Waals surface area contributed by atoms with Gasteiger partial charge in [-0.25, -0.2) is 4.98 Å². The summed E-state index contributed by atoms with van der Waals surface area (Å²) in [6.45, 7) is 4.51. The quantitative estimate of drug-likeness (QED) is 0.136. The van der Waals surface area contributed by atoms with Gasteiger partial charge in [0, 0.05) is 11.3 Å². The third-order valence-electron chi connectivity index (χ3n) is 7.25. The molecule has 1 heterocycles. The zero-order valence-electron chi connectivity index (χ0n) is 22.7. The molecule has 0 aliphatic carbocycles. The first-order valence-corrected chi connectivity index (χ1v) is 14.6. The summed E-state index contributed by atoms with van der Waals surface area (Å²) in [5, 5.41) is 0. The van der Waals surface area contributed by atoms with E-state index in [1.54, 1.807) is 0 Å². The molecule has 3 aromatic rings. The summed E-state index contributed by atoms with van der Waals surface area (Å²) in [6, 6.07) is 21.0. The van der Waals surface area contributed by atoms with Gasteiger partial charge in [0.2, 0.25) is 5.95 Å². The lowest BCUT2D eigenvalue weighted by molar-refractivity contribution is 0.566. The van der Waals surface area contributed by atoms with Crippen molar-refractivity contribution in [3.63, 3.8) is 0 Å². The Morgan fingerprint density at radius 1 is 0.500 bits per heavy atom. The fraction of sp³-hybridized carbons (Fsp3) is 0.500. The molecular formula is C34H46FN. The Morgan fingerprint density at radius 3 is 1.53 bits per heavy atom. The smallest absolute Gasteiger partial charge is 0.220 e. The van der Waals surface area contributed by atoms with E-state index in [-0.39, 0.29) is 5.95 Å². The van der Waals surface area contributed by atoms with Gasteiger partial charge >= 0.3 is 0 Å². The van der Waals surface area contributed by atoms with E-state index in [0.717, 1.165) is 36.1 Å². The lowest BCUT2D eigenvalue weighted by atomic mass is 9.98. The maximum absolute atomic E-state index is 14.8. The molecule has 0 radical (unpaired) electrons. The zero-order valence-corrected chi connectivity index (χ0v) is 22.7. The van der Waals surface area contributed by atoms with Crippen LogP contribution in [0.4, 0.5) is 4.39 Å². The van der Waals surface area contributed by atoms with E-state index in [4.69, 9.17) is 0 Å². The van der Waals surface area contributed by atoms with Crippen LogP contribution in [0.1, 0.15) is 109 Å². The van der Waals surface area contributed by atoms with Crippen LogP contribution >= 0.6 is 0 Å². The zero-order chi connectivity index (χ0) is 25.4. The molecule has 0 aliphatic rings. The Labute approximate surface area is 219 Å². The van der Waals surface area contributed by atoms with Gasteiger partial charge in [0.15, 0.2) is 0 Å². The van der Waals surface area contributed by atoms with Crippen molar-refractivity contribution in [2.24, 2.45) is 0 Å².